The summed E-state index contributed by atoms with van der Waals surface area (Å²) in [6.45, 7) is 3.26. The Balaban J connectivity index is 1.69. The Morgan fingerprint density at radius 2 is 1.81 bits per heavy atom. The molecule has 2 aromatic carbocycles. The van der Waals surface area contributed by atoms with Crippen molar-refractivity contribution in [1.82, 2.24) is 15.6 Å². The standard InChI is InChI=1S/C20H20FN3O2S/c1-12(20-24-16-5-3-4-6-18(16)27-20)22-19(26)11-17(23-13(2)25)14-7-9-15(21)10-8-14/h3-10,12,17H,11H2,1-2H3,(H,22,26)(H,23,25)/t12-,17+/m0/s1. The van der Waals surface area contributed by atoms with Crippen molar-refractivity contribution >= 4 is 33.4 Å². The zero-order valence-electron chi connectivity index (χ0n) is 15.0. The quantitative estimate of drug-likeness (QED) is 0.676. The van der Waals surface area contributed by atoms with Crippen molar-refractivity contribution in [3.8, 4) is 0 Å². The van der Waals surface area contributed by atoms with Gasteiger partial charge in [-0.15, -0.1) is 11.3 Å². The summed E-state index contributed by atoms with van der Waals surface area (Å²) in [5.74, 6) is -0.838. The molecule has 7 heteroatoms. The number of carbonyl (C=O) groups excluding carboxylic acids is 2. The topological polar surface area (TPSA) is 71.1 Å². The largest absolute Gasteiger partial charge is 0.349 e. The van der Waals surface area contributed by atoms with E-state index >= 15 is 0 Å². The molecule has 2 amide bonds. The molecule has 2 atom stereocenters. The molecular weight excluding hydrogens is 365 g/mol. The molecular formula is C20H20FN3O2S. The lowest BCUT2D eigenvalue weighted by atomic mass is 10.0. The van der Waals surface area contributed by atoms with Gasteiger partial charge in [-0.3, -0.25) is 9.59 Å². The minimum Gasteiger partial charge on any atom is -0.349 e. The van der Waals surface area contributed by atoms with Crippen LogP contribution in [0.2, 0.25) is 0 Å². The minimum atomic E-state index is -0.523. The molecule has 0 aliphatic heterocycles. The number of thiazole rings is 1. The van der Waals surface area contributed by atoms with Gasteiger partial charge in [0.15, 0.2) is 0 Å². The first-order chi connectivity index (χ1) is 12.9. The summed E-state index contributed by atoms with van der Waals surface area (Å²) < 4.78 is 14.2. The molecule has 2 N–H and O–H groups in total. The molecule has 0 aliphatic rings. The number of fused-ring (bicyclic) bond motifs is 1. The van der Waals surface area contributed by atoms with Crippen LogP contribution in [0.5, 0.6) is 0 Å². The molecule has 27 heavy (non-hydrogen) atoms. The average Bonchev–Trinajstić information content (AvgIpc) is 3.05. The minimum absolute atomic E-state index is 0.0560. The van der Waals surface area contributed by atoms with Gasteiger partial charge in [0.1, 0.15) is 10.8 Å². The number of aromatic nitrogens is 1. The van der Waals surface area contributed by atoms with Crippen LogP contribution in [0.15, 0.2) is 48.5 Å². The predicted molar refractivity (Wildman–Crippen MR) is 104 cm³/mol. The van der Waals surface area contributed by atoms with Crippen LogP contribution in [0, 0.1) is 5.82 Å². The number of halogens is 1. The number of nitrogens with one attached hydrogen (secondary N) is 2. The van der Waals surface area contributed by atoms with E-state index in [2.05, 4.69) is 15.6 Å². The number of carbonyl (C=O) groups is 2. The Hall–Kier alpha value is -2.80. The Kier molecular flexibility index (Phi) is 5.81. The summed E-state index contributed by atoms with van der Waals surface area (Å²) >= 11 is 1.54. The number of hydrogen-bond donors (Lipinski definition) is 2. The number of benzene rings is 2. The summed E-state index contributed by atoms with van der Waals surface area (Å²) in [6, 6.07) is 12.8. The van der Waals surface area contributed by atoms with Crippen LogP contribution in [0.25, 0.3) is 10.2 Å². The van der Waals surface area contributed by atoms with Crippen LogP contribution in [0.3, 0.4) is 0 Å². The highest BCUT2D eigenvalue weighted by atomic mass is 32.1. The van der Waals surface area contributed by atoms with E-state index in [-0.39, 0.29) is 30.1 Å². The summed E-state index contributed by atoms with van der Waals surface area (Å²) in [7, 11) is 0. The van der Waals surface area contributed by atoms with Crippen molar-refractivity contribution in [2.24, 2.45) is 0 Å². The zero-order valence-corrected chi connectivity index (χ0v) is 15.8. The zero-order chi connectivity index (χ0) is 19.4. The van der Waals surface area contributed by atoms with Crippen molar-refractivity contribution in [2.45, 2.75) is 32.4 Å². The summed E-state index contributed by atoms with van der Waals surface area (Å²) in [6.07, 6.45) is 0.0560. The van der Waals surface area contributed by atoms with Crippen LogP contribution in [0.4, 0.5) is 4.39 Å². The number of nitrogens with zero attached hydrogens (tertiary/aromatic N) is 1. The molecule has 0 saturated heterocycles. The Morgan fingerprint density at radius 1 is 1.11 bits per heavy atom. The van der Waals surface area contributed by atoms with E-state index in [1.165, 1.54) is 30.4 Å². The molecule has 0 spiro atoms. The van der Waals surface area contributed by atoms with Gasteiger partial charge < -0.3 is 10.6 Å². The molecule has 0 fully saturated rings. The van der Waals surface area contributed by atoms with Crippen LogP contribution in [0.1, 0.15) is 42.9 Å². The average molecular weight is 385 g/mol. The van der Waals surface area contributed by atoms with Crippen LogP contribution >= 0.6 is 11.3 Å². The highest BCUT2D eigenvalue weighted by molar-refractivity contribution is 7.18. The van der Waals surface area contributed by atoms with Gasteiger partial charge in [-0.25, -0.2) is 9.37 Å². The van der Waals surface area contributed by atoms with E-state index in [1.807, 2.05) is 31.2 Å². The SMILES string of the molecule is CC(=O)N[C@H](CC(=O)N[C@@H](C)c1nc2ccccc2s1)c1ccc(F)cc1. The van der Waals surface area contributed by atoms with Gasteiger partial charge >= 0.3 is 0 Å². The van der Waals surface area contributed by atoms with Crippen molar-refractivity contribution in [3.63, 3.8) is 0 Å². The van der Waals surface area contributed by atoms with Crippen LogP contribution < -0.4 is 10.6 Å². The lowest BCUT2D eigenvalue weighted by Crippen LogP contribution is -2.33. The second-order valence-electron chi connectivity index (χ2n) is 6.32. The molecule has 0 unspecified atom stereocenters. The lowest BCUT2D eigenvalue weighted by Gasteiger charge is -2.19. The third-order valence-corrected chi connectivity index (χ3v) is 5.32. The maximum Gasteiger partial charge on any atom is 0.222 e. The summed E-state index contributed by atoms with van der Waals surface area (Å²) in [5, 5.41) is 6.49. The van der Waals surface area contributed by atoms with Crippen LogP contribution in [-0.4, -0.2) is 16.8 Å². The fraction of sp³-hybridized carbons (Fsp3) is 0.250. The van der Waals surface area contributed by atoms with Gasteiger partial charge in [0.05, 0.1) is 28.7 Å². The maximum absolute atomic E-state index is 13.2. The number of hydrogen-bond acceptors (Lipinski definition) is 4. The molecule has 0 bridgehead atoms. The number of rotatable bonds is 6. The maximum atomic E-state index is 13.2. The highest BCUT2D eigenvalue weighted by Gasteiger charge is 2.20. The van der Waals surface area contributed by atoms with Gasteiger partial charge in [-0.05, 0) is 36.8 Å². The third-order valence-electron chi connectivity index (χ3n) is 4.10. The Morgan fingerprint density at radius 3 is 2.48 bits per heavy atom. The van der Waals surface area contributed by atoms with E-state index in [0.29, 0.717) is 5.56 Å². The molecule has 0 aliphatic carbocycles. The normalized spacial score (nSPS) is 13.1. The van der Waals surface area contributed by atoms with E-state index < -0.39 is 6.04 Å². The number of amides is 2. The smallest absolute Gasteiger partial charge is 0.222 e. The molecule has 3 rings (SSSR count). The first-order valence-corrected chi connectivity index (χ1v) is 9.41. The molecule has 1 heterocycles. The van der Waals surface area contributed by atoms with Crippen molar-refractivity contribution in [1.29, 1.82) is 0 Å². The second kappa shape index (κ2) is 8.26. The van der Waals surface area contributed by atoms with Gasteiger partial charge in [0, 0.05) is 6.92 Å². The van der Waals surface area contributed by atoms with Gasteiger partial charge in [-0.1, -0.05) is 24.3 Å². The molecule has 0 saturated carbocycles. The van der Waals surface area contributed by atoms with Crippen molar-refractivity contribution in [2.75, 3.05) is 0 Å². The van der Waals surface area contributed by atoms with Crippen molar-refractivity contribution in [3.05, 3.63) is 64.9 Å². The van der Waals surface area contributed by atoms with Crippen molar-refractivity contribution < 1.29 is 14.0 Å². The van der Waals surface area contributed by atoms with Gasteiger partial charge in [0.2, 0.25) is 11.8 Å². The van der Waals surface area contributed by atoms with E-state index in [0.717, 1.165) is 15.2 Å². The van der Waals surface area contributed by atoms with E-state index in [9.17, 15) is 14.0 Å². The second-order valence-corrected chi connectivity index (χ2v) is 7.38. The van der Waals surface area contributed by atoms with Gasteiger partial charge in [0.25, 0.3) is 0 Å². The fourth-order valence-corrected chi connectivity index (χ4v) is 3.79. The Bertz CT molecular complexity index is 922. The molecule has 5 nitrogen and oxygen atoms in total. The molecule has 1 aromatic heterocycles. The lowest BCUT2D eigenvalue weighted by molar-refractivity contribution is -0.123. The van der Waals surface area contributed by atoms with Gasteiger partial charge in [-0.2, -0.15) is 0 Å². The van der Waals surface area contributed by atoms with Crippen LogP contribution in [-0.2, 0) is 9.59 Å². The first kappa shape index (κ1) is 19.0. The predicted octanol–water partition coefficient (Wildman–Crippen LogP) is 3.88. The van der Waals surface area contributed by atoms with E-state index in [1.54, 1.807) is 12.1 Å². The van der Waals surface area contributed by atoms with E-state index in [4.69, 9.17) is 0 Å². The molecule has 140 valence electrons. The Labute approximate surface area is 160 Å². The highest BCUT2D eigenvalue weighted by Crippen LogP contribution is 2.26. The molecule has 0 radical (unpaired) electrons. The molecule has 3 aromatic rings. The fourth-order valence-electron chi connectivity index (χ4n) is 2.82. The first-order valence-electron chi connectivity index (χ1n) is 8.60. The summed E-state index contributed by atoms with van der Waals surface area (Å²) in [5.41, 5.74) is 1.58. The number of para-hydroxylation sites is 1. The summed E-state index contributed by atoms with van der Waals surface area (Å²) in [4.78, 5) is 28.6. The monoisotopic (exact) mass is 385 g/mol. The third kappa shape index (κ3) is 4.89.